The third-order valence-corrected chi connectivity index (χ3v) is 5.89. The molecule has 2 amide bonds. The first-order valence-corrected chi connectivity index (χ1v) is 9.84. The van der Waals surface area contributed by atoms with E-state index in [1.807, 2.05) is 25.2 Å². The monoisotopic (exact) mass is 395 g/mol. The highest BCUT2D eigenvalue weighted by atomic mass is 16.5. The molecule has 1 aromatic heterocycles. The molecule has 1 saturated carbocycles. The number of amides is 2. The molecule has 2 heterocycles. The van der Waals surface area contributed by atoms with Crippen molar-refractivity contribution >= 4 is 17.8 Å². The molecule has 4 rings (SSSR count). The molecule has 1 fully saturated rings. The average molecular weight is 395 g/mol. The van der Waals surface area contributed by atoms with Crippen molar-refractivity contribution in [2.75, 3.05) is 26.0 Å². The molecule has 2 aliphatic rings. The summed E-state index contributed by atoms with van der Waals surface area (Å²) >= 11 is 0. The van der Waals surface area contributed by atoms with Crippen LogP contribution in [0.5, 0.6) is 5.75 Å². The van der Waals surface area contributed by atoms with Crippen molar-refractivity contribution in [1.29, 1.82) is 0 Å². The quantitative estimate of drug-likeness (QED) is 0.826. The van der Waals surface area contributed by atoms with E-state index in [1.54, 1.807) is 30.4 Å². The normalized spacial score (nSPS) is 23.4. The summed E-state index contributed by atoms with van der Waals surface area (Å²) in [5.74, 6) is 0.926. The summed E-state index contributed by atoms with van der Waals surface area (Å²) in [7, 11) is 3.55. The van der Waals surface area contributed by atoms with E-state index < -0.39 is 5.60 Å². The molecule has 2 N–H and O–H groups in total. The van der Waals surface area contributed by atoms with Crippen molar-refractivity contribution < 1.29 is 14.3 Å². The van der Waals surface area contributed by atoms with Gasteiger partial charge in [-0.3, -0.25) is 9.59 Å². The number of para-hydroxylation sites is 1. The fourth-order valence-electron chi connectivity index (χ4n) is 4.08. The minimum absolute atomic E-state index is 0.0889. The Kier molecular flexibility index (Phi) is 5.08. The zero-order valence-electron chi connectivity index (χ0n) is 16.6. The standard InChI is InChI=1S/C21H25N5O3/c1-22-20-23-11-14(12-24-20)19(28)26(2)15-7-9-21(10-8-15)13-25-18(27)16-5-3-4-6-17(16)29-21/h3-6,11-12,15H,7-10,13H2,1-2H3,(H,25,27)(H,22,23,24). The molecule has 29 heavy (non-hydrogen) atoms. The molecule has 0 bridgehead atoms. The van der Waals surface area contributed by atoms with E-state index in [1.165, 1.54) is 0 Å². The van der Waals surface area contributed by atoms with E-state index in [0.29, 0.717) is 29.4 Å². The number of hydrogen-bond acceptors (Lipinski definition) is 6. The third kappa shape index (κ3) is 3.74. The topological polar surface area (TPSA) is 96.5 Å². The smallest absolute Gasteiger partial charge is 0.256 e. The number of carbonyl (C=O) groups excluding carboxylic acids is 2. The highest BCUT2D eigenvalue weighted by molar-refractivity contribution is 5.97. The third-order valence-electron chi connectivity index (χ3n) is 5.89. The molecular weight excluding hydrogens is 370 g/mol. The Labute approximate surface area is 169 Å². The van der Waals surface area contributed by atoms with Gasteiger partial charge in [0.1, 0.15) is 11.4 Å². The van der Waals surface area contributed by atoms with Gasteiger partial charge < -0.3 is 20.3 Å². The van der Waals surface area contributed by atoms with Gasteiger partial charge in [-0.15, -0.1) is 0 Å². The maximum Gasteiger partial charge on any atom is 0.256 e. The first-order valence-electron chi connectivity index (χ1n) is 9.84. The van der Waals surface area contributed by atoms with Crippen molar-refractivity contribution in [1.82, 2.24) is 20.2 Å². The zero-order valence-corrected chi connectivity index (χ0v) is 16.6. The second kappa shape index (κ2) is 7.69. The van der Waals surface area contributed by atoms with E-state index in [-0.39, 0.29) is 17.9 Å². The fourth-order valence-corrected chi connectivity index (χ4v) is 4.08. The van der Waals surface area contributed by atoms with Crippen LogP contribution in [-0.4, -0.2) is 59.0 Å². The molecule has 1 aliphatic heterocycles. The van der Waals surface area contributed by atoms with Crippen LogP contribution in [0.25, 0.3) is 0 Å². The Morgan fingerprint density at radius 1 is 1.24 bits per heavy atom. The Morgan fingerprint density at radius 2 is 1.93 bits per heavy atom. The van der Waals surface area contributed by atoms with Crippen LogP contribution in [0.3, 0.4) is 0 Å². The predicted octanol–water partition coefficient (Wildman–Crippen LogP) is 2.09. The van der Waals surface area contributed by atoms with Crippen LogP contribution in [0.1, 0.15) is 46.4 Å². The molecular formula is C21H25N5O3. The van der Waals surface area contributed by atoms with Gasteiger partial charge in [-0.05, 0) is 37.8 Å². The first kappa shape index (κ1) is 19.2. The van der Waals surface area contributed by atoms with E-state index in [4.69, 9.17) is 4.74 Å². The zero-order chi connectivity index (χ0) is 20.4. The fraction of sp³-hybridized carbons (Fsp3) is 0.429. The van der Waals surface area contributed by atoms with Crippen molar-refractivity contribution in [2.45, 2.75) is 37.3 Å². The van der Waals surface area contributed by atoms with Crippen LogP contribution in [0.4, 0.5) is 5.95 Å². The number of fused-ring (bicyclic) bond motifs is 1. The summed E-state index contributed by atoms with van der Waals surface area (Å²) in [6.07, 6.45) is 6.22. The molecule has 1 aromatic carbocycles. The molecule has 0 radical (unpaired) electrons. The van der Waals surface area contributed by atoms with Crippen molar-refractivity contribution in [3.63, 3.8) is 0 Å². The number of ether oxygens (including phenoxy) is 1. The Morgan fingerprint density at radius 3 is 2.62 bits per heavy atom. The molecule has 2 aromatic rings. The summed E-state index contributed by atoms with van der Waals surface area (Å²) in [5, 5.41) is 5.84. The van der Waals surface area contributed by atoms with Gasteiger partial charge in [0.05, 0.1) is 17.7 Å². The summed E-state index contributed by atoms with van der Waals surface area (Å²) in [5.41, 5.74) is 0.614. The highest BCUT2D eigenvalue weighted by Gasteiger charge is 2.41. The Bertz CT molecular complexity index is 907. The molecule has 1 spiro atoms. The van der Waals surface area contributed by atoms with E-state index >= 15 is 0 Å². The second-order valence-corrected chi connectivity index (χ2v) is 7.66. The Balaban J connectivity index is 1.43. The largest absolute Gasteiger partial charge is 0.485 e. The molecule has 8 nitrogen and oxygen atoms in total. The van der Waals surface area contributed by atoms with Gasteiger partial charge in [-0.1, -0.05) is 12.1 Å². The van der Waals surface area contributed by atoms with Gasteiger partial charge in [-0.2, -0.15) is 0 Å². The van der Waals surface area contributed by atoms with Gasteiger partial charge in [0.25, 0.3) is 11.8 Å². The summed E-state index contributed by atoms with van der Waals surface area (Å²) in [6, 6.07) is 7.45. The number of rotatable bonds is 3. The van der Waals surface area contributed by atoms with Crippen LogP contribution in [0.15, 0.2) is 36.7 Å². The lowest BCUT2D eigenvalue weighted by molar-refractivity contribution is 0.0103. The Hall–Kier alpha value is -3.16. The first-order chi connectivity index (χ1) is 14.0. The second-order valence-electron chi connectivity index (χ2n) is 7.66. The number of aromatic nitrogens is 2. The summed E-state index contributed by atoms with van der Waals surface area (Å²) < 4.78 is 6.34. The molecule has 1 aliphatic carbocycles. The number of carbonyl (C=O) groups is 2. The number of benzene rings is 1. The lowest BCUT2D eigenvalue weighted by Crippen LogP contribution is -2.51. The summed E-state index contributed by atoms with van der Waals surface area (Å²) in [6.45, 7) is 0.476. The predicted molar refractivity (Wildman–Crippen MR) is 108 cm³/mol. The highest BCUT2D eigenvalue weighted by Crippen LogP contribution is 2.37. The molecule has 0 unspecified atom stereocenters. The van der Waals surface area contributed by atoms with Crippen LogP contribution in [0, 0.1) is 0 Å². The van der Waals surface area contributed by atoms with Crippen LogP contribution < -0.4 is 15.4 Å². The summed E-state index contributed by atoms with van der Waals surface area (Å²) in [4.78, 5) is 35.2. The van der Waals surface area contributed by atoms with Crippen molar-refractivity contribution in [3.8, 4) is 5.75 Å². The van der Waals surface area contributed by atoms with Gasteiger partial charge in [-0.25, -0.2) is 9.97 Å². The lowest BCUT2D eigenvalue weighted by Gasteiger charge is -2.42. The minimum atomic E-state index is -0.430. The average Bonchev–Trinajstić information content (AvgIpc) is 2.90. The maximum atomic E-state index is 12.8. The lowest BCUT2D eigenvalue weighted by atomic mass is 9.81. The SMILES string of the molecule is CNc1ncc(C(=O)N(C)C2CCC3(CC2)CNC(=O)c2ccccc2O3)cn1. The van der Waals surface area contributed by atoms with Gasteiger partial charge in [0.15, 0.2) is 0 Å². The minimum Gasteiger partial charge on any atom is -0.485 e. The van der Waals surface area contributed by atoms with Crippen LogP contribution in [0.2, 0.25) is 0 Å². The van der Waals surface area contributed by atoms with Crippen LogP contribution >= 0.6 is 0 Å². The molecule has 0 atom stereocenters. The van der Waals surface area contributed by atoms with Crippen LogP contribution in [-0.2, 0) is 0 Å². The van der Waals surface area contributed by atoms with E-state index in [0.717, 1.165) is 25.7 Å². The number of nitrogens with zero attached hydrogens (tertiary/aromatic N) is 3. The van der Waals surface area contributed by atoms with Crippen molar-refractivity contribution in [3.05, 3.63) is 47.8 Å². The van der Waals surface area contributed by atoms with Gasteiger partial charge in [0, 0.05) is 32.5 Å². The number of anilines is 1. The van der Waals surface area contributed by atoms with Gasteiger partial charge in [0.2, 0.25) is 5.95 Å². The number of hydrogen-bond donors (Lipinski definition) is 2. The van der Waals surface area contributed by atoms with Crippen molar-refractivity contribution in [2.24, 2.45) is 0 Å². The number of nitrogens with one attached hydrogen (secondary N) is 2. The van der Waals surface area contributed by atoms with Gasteiger partial charge >= 0.3 is 0 Å². The van der Waals surface area contributed by atoms with E-state index in [2.05, 4.69) is 20.6 Å². The maximum absolute atomic E-state index is 12.8. The van der Waals surface area contributed by atoms with E-state index in [9.17, 15) is 9.59 Å². The molecule has 152 valence electrons. The molecule has 0 saturated heterocycles. The molecule has 8 heteroatoms.